The Hall–Kier alpha value is -2.40. The van der Waals surface area contributed by atoms with Crippen molar-refractivity contribution in [1.29, 1.82) is 0 Å². The number of Topliss-reactive ketones (excluding diaryl/α,β-unsaturated/α-hetero) is 4. The molecular weight excluding hydrogens is 476 g/mol. The topological polar surface area (TPSA) is 88.5 Å². The van der Waals surface area contributed by atoms with Gasteiger partial charge in [-0.3, -0.25) is 19.2 Å². The molecule has 5 nitrogen and oxygen atoms in total. The largest absolute Gasteiger partial charge is 0.390 e. The van der Waals surface area contributed by atoms with E-state index in [0.717, 1.165) is 5.57 Å². The molecule has 0 amide bonds. The number of allylic oxidation sites excluding steroid dienone is 2. The van der Waals surface area contributed by atoms with Gasteiger partial charge in [-0.05, 0) is 82.0 Å². The van der Waals surface area contributed by atoms with Crippen molar-refractivity contribution in [3.05, 3.63) is 47.5 Å². The van der Waals surface area contributed by atoms with Crippen molar-refractivity contribution in [3.63, 3.8) is 0 Å². The van der Waals surface area contributed by atoms with Crippen LogP contribution in [0.25, 0.3) is 0 Å². The lowest BCUT2D eigenvalue weighted by atomic mass is 9.37. The maximum atomic E-state index is 15.3. The molecule has 1 aromatic carbocycles. The Balaban J connectivity index is 1.89. The van der Waals surface area contributed by atoms with Gasteiger partial charge >= 0.3 is 0 Å². The van der Waals surface area contributed by atoms with Crippen LogP contribution in [0.1, 0.15) is 91.4 Å². The molecule has 0 saturated heterocycles. The monoisotopic (exact) mass is 518 g/mol. The molecule has 5 heteroatoms. The van der Waals surface area contributed by atoms with E-state index in [2.05, 4.69) is 13.8 Å². The van der Waals surface area contributed by atoms with Crippen molar-refractivity contribution < 1.29 is 24.3 Å². The summed E-state index contributed by atoms with van der Waals surface area (Å²) in [6.45, 7) is 15.3. The third-order valence-electron chi connectivity index (χ3n) is 11.5. The van der Waals surface area contributed by atoms with Gasteiger partial charge in [0.2, 0.25) is 0 Å². The van der Waals surface area contributed by atoms with Crippen LogP contribution in [0.2, 0.25) is 0 Å². The average molecular weight is 519 g/mol. The molecule has 204 valence electrons. The van der Waals surface area contributed by atoms with E-state index in [1.54, 1.807) is 44.2 Å². The number of benzene rings is 1. The zero-order valence-electron chi connectivity index (χ0n) is 24.1. The van der Waals surface area contributed by atoms with E-state index in [9.17, 15) is 19.5 Å². The zero-order chi connectivity index (χ0) is 28.3. The van der Waals surface area contributed by atoms with Gasteiger partial charge < -0.3 is 5.11 Å². The van der Waals surface area contributed by atoms with Gasteiger partial charge in [-0.1, -0.05) is 69.7 Å². The lowest BCUT2D eigenvalue weighted by Gasteiger charge is -2.60. The van der Waals surface area contributed by atoms with E-state index in [1.165, 1.54) is 0 Å². The van der Waals surface area contributed by atoms with Gasteiger partial charge in [0.15, 0.2) is 28.5 Å². The Labute approximate surface area is 226 Å². The molecule has 0 radical (unpaired) electrons. The highest BCUT2D eigenvalue weighted by Crippen LogP contribution is 2.77. The molecule has 0 heterocycles. The van der Waals surface area contributed by atoms with Crippen molar-refractivity contribution in [2.45, 2.75) is 86.7 Å². The number of ketones is 4. The first-order chi connectivity index (χ1) is 17.4. The van der Waals surface area contributed by atoms with Crippen LogP contribution in [0.3, 0.4) is 0 Å². The Morgan fingerprint density at radius 2 is 1.58 bits per heavy atom. The molecular formula is C33H42O5. The lowest BCUT2D eigenvalue weighted by molar-refractivity contribution is -0.181. The molecule has 38 heavy (non-hydrogen) atoms. The predicted octanol–water partition coefficient (Wildman–Crippen LogP) is 5.79. The van der Waals surface area contributed by atoms with Crippen molar-refractivity contribution in [2.75, 3.05) is 0 Å². The number of carbonyl (C=O) groups is 4. The molecule has 0 aliphatic heterocycles. The Morgan fingerprint density at radius 1 is 0.974 bits per heavy atom. The molecule has 6 rings (SSSR count). The first-order valence-corrected chi connectivity index (χ1v) is 14.0. The second kappa shape index (κ2) is 7.84. The minimum atomic E-state index is -1.94. The highest BCUT2D eigenvalue weighted by atomic mass is 16.3. The van der Waals surface area contributed by atoms with Crippen LogP contribution < -0.4 is 0 Å². The summed E-state index contributed by atoms with van der Waals surface area (Å²) < 4.78 is 0. The van der Waals surface area contributed by atoms with E-state index in [1.807, 2.05) is 33.8 Å². The van der Waals surface area contributed by atoms with Gasteiger partial charge in [-0.15, -0.1) is 0 Å². The average Bonchev–Trinajstić information content (AvgIpc) is 2.98. The van der Waals surface area contributed by atoms with Crippen LogP contribution in [-0.2, 0) is 14.4 Å². The van der Waals surface area contributed by atoms with Gasteiger partial charge in [-0.2, -0.15) is 0 Å². The Bertz CT molecular complexity index is 1270. The van der Waals surface area contributed by atoms with E-state index < -0.39 is 50.0 Å². The van der Waals surface area contributed by atoms with Crippen LogP contribution in [0.4, 0.5) is 0 Å². The van der Waals surface area contributed by atoms with Crippen LogP contribution in [0.5, 0.6) is 0 Å². The number of aliphatic hydroxyl groups is 1. The fourth-order valence-electron chi connectivity index (χ4n) is 9.57. The smallest absolute Gasteiger partial charge is 0.184 e. The van der Waals surface area contributed by atoms with Crippen molar-refractivity contribution in [2.24, 2.45) is 44.8 Å². The zero-order valence-corrected chi connectivity index (χ0v) is 24.1. The third-order valence-corrected chi connectivity index (χ3v) is 11.5. The molecule has 0 aromatic heterocycles. The first kappa shape index (κ1) is 27.2. The van der Waals surface area contributed by atoms with Gasteiger partial charge in [0, 0.05) is 5.56 Å². The van der Waals surface area contributed by atoms with Crippen molar-refractivity contribution >= 4 is 23.1 Å². The summed E-state index contributed by atoms with van der Waals surface area (Å²) in [5.41, 5.74) is -6.16. The molecule has 1 aromatic rings. The van der Waals surface area contributed by atoms with Gasteiger partial charge in [0.1, 0.15) is 0 Å². The lowest BCUT2D eigenvalue weighted by Crippen LogP contribution is -2.75. The molecule has 5 aliphatic rings. The van der Waals surface area contributed by atoms with Crippen LogP contribution in [-0.4, -0.2) is 33.8 Å². The highest BCUT2D eigenvalue weighted by molar-refractivity contribution is 6.42. The van der Waals surface area contributed by atoms with Crippen LogP contribution in [0.15, 0.2) is 42.0 Å². The summed E-state index contributed by atoms with van der Waals surface area (Å²) >= 11 is 0. The minimum Gasteiger partial charge on any atom is -0.390 e. The molecule has 5 saturated carbocycles. The second-order valence-corrected chi connectivity index (χ2v) is 14.6. The van der Waals surface area contributed by atoms with Crippen molar-refractivity contribution in [1.82, 2.24) is 0 Å². The number of hydrogen-bond donors (Lipinski definition) is 1. The molecule has 1 N–H and O–H groups in total. The molecule has 5 fully saturated rings. The normalized spacial score (nSPS) is 38.7. The summed E-state index contributed by atoms with van der Waals surface area (Å²) in [6.07, 6.45) is 3.25. The Kier molecular flexibility index (Phi) is 5.60. The van der Waals surface area contributed by atoms with E-state index >= 15 is 4.79 Å². The fraction of sp³-hybridized carbons (Fsp3) is 0.636. The molecule has 6 atom stereocenters. The van der Waals surface area contributed by atoms with Gasteiger partial charge in [-0.25, -0.2) is 0 Å². The minimum absolute atomic E-state index is 0.169. The van der Waals surface area contributed by atoms with Gasteiger partial charge in [0.05, 0.1) is 16.4 Å². The number of rotatable bonds is 5. The summed E-state index contributed by atoms with van der Waals surface area (Å²) in [6, 6.07) is 8.65. The third kappa shape index (κ3) is 2.92. The SMILES string of the molecule is CC(C)=CCC12CC3C[C@@H]4C(C[C@H](C(C)(C)O)C4(C)C)(C1=O)C(=O)C(C(=O)c1ccccc1)(C2=O)C3(C)C. The molecule has 1 spiro atoms. The van der Waals surface area contributed by atoms with Crippen LogP contribution >= 0.6 is 0 Å². The van der Waals surface area contributed by atoms with Crippen LogP contribution in [0, 0.1) is 44.8 Å². The standard InChI is InChI=1S/C33H42O5/c1-19(2)14-15-31-17-21-16-22-28(3,4)23(30(7,8)38)18-32(22,25(31)35)27(37)33(26(31)36,29(21,5)6)24(34)20-12-10-9-11-13-20/h9-14,21-23,38H,15-18H2,1-8H3/t21?,22-,23-,31?,32?,33?/m0/s1. The van der Waals surface area contributed by atoms with Crippen molar-refractivity contribution in [3.8, 4) is 0 Å². The summed E-state index contributed by atoms with van der Waals surface area (Å²) in [7, 11) is 0. The number of hydrogen-bond acceptors (Lipinski definition) is 5. The molecule has 4 unspecified atom stereocenters. The highest BCUT2D eigenvalue weighted by Gasteiger charge is 2.86. The summed E-state index contributed by atoms with van der Waals surface area (Å²) in [4.78, 5) is 59.8. The Morgan fingerprint density at radius 3 is 2.13 bits per heavy atom. The molecule has 4 bridgehead atoms. The fourth-order valence-corrected chi connectivity index (χ4v) is 9.57. The first-order valence-electron chi connectivity index (χ1n) is 14.0. The predicted molar refractivity (Wildman–Crippen MR) is 145 cm³/mol. The maximum Gasteiger partial charge on any atom is 0.184 e. The maximum absolute atomic E-state index is 15.3. The summed E-state index contributed by atoms with van der Waals surface area (Å²) in [5, 5.41) is 11.3. The molecule has 5 aliphatic carbocycles. The summed E-state index contributed by atoms with van der Waals surface area (Å²) in [5.74, 6) is -2.64. The van der Waals surface area contributed by atoms with E-state index in [0.29, 0.717) is 18.4 Å². The number of carbonyl (C=O) groups excluding carboxylic acids is 4. The van der Waals surface area contributed by atoms with E-state index in [4.69, 9.17) is 0 Å². The second-order valence-electron chi connectivity index (χ2n) is 14.6. The quantitative estimate of drug-likeness (QED) is 0.303. The van der Waals surface area contributed by atoms with Gasteiger partial charge in [0.25, 0.3) is 0 Å². The van der Waals surface area contributed by atoms with E-state index in [-0.39, 0.29) is 36.4 Å².